The zero-order valence-corrected chi connectivity index (χ0v) is 18.0. The van der Waals surface area contributed by atoms with E-state index in [0.29, 0.717) is 12.8 Å². The first kappa shape index (κ1) is 21.8. The van der Waals surface area contributed by atoms with Gasteiger partial charge in [-0.1, -0.05) is 23.2 Å². The number of carbonyl (C=O) groups is 2. The SMILES string of the molecule is CC(C)(C)OC(=O)N[C@@H]1CC[C@@H](C2(C)Oc3c(Cl)cc(C(=O)O)c(Cl)c3O2)OC1. The fraction of sp³-hybridized carbons (Fsp3) is 0.579. The Morgan fingerprint density at radius 3 is 2.45 bits per heavy atom. The molecule has 0 bridgehead atoms. The monoisotopic (exact) mass is 447 g/mol. The van der Waals surface area contributed by atoms with E-state index in [1.807, 2.05) is 0 Å². The van der Waals surface area contributed by atoms with Crippen molar-refractivity contribution < 1.29 is 33.6 Å². The Balaban J connectivity index is 1.66. The number of rotatable bonds is 3. The number of ether oxygens (including phenoxy) is 4. The van der Waals surface area contributed by atoms with Gasteiger partial charge in [-0.2, -0.15) is 0 Å². The summed E-state index contributed by atoms with van der Waals surface area (Å²) in [6, 6.07) is 1.02. The lowest BCUT2D eigenvalue weighted by molar-refractivity contribution is -0.185. The van der Waals surface area contributed by atoms with Gasteiger partial charge in [-0.05, 0) is 39.7 Å². The molecule has 1 aromatic carbocycles. The Morgan fingerprint density at radius 1 is 1.24 bits per heavy atom. The molecule has 2 N–H and O–H groups in total. The highest BCUT2D eigenvalue weighted by atomic mass is 35.5. The fourth-order valence-electron chi connectivity index (χ4n) is 3.24. The van der Waals surface area contributed by atoms with Crippen LogP contribution in [0.4, 0.5) is 4.79 Å². The molecule has 2 aliphatic rings. The largest absolute Gasteiger partial charge is 0.478 e. The molecule has 1 saturated heterocycles. The molecule has 0 spiro atoms. The highest BCUT2D eigenvalue weighted by Gasteiger charge is 2.49. The summed E-state index contributed by atoms with van der Waals surface area (Å²) in [6.07, 6.45) is 0.152. The lowest BCUT2D eigenvalue weighted by Crippen LogP contribution is -2.54. The number of hydrogen-bond donors (Lipinski definition) is 2. The maximum Gasteiger partial charge on any atom is 0.407 e. The van der Waals surface area contributed by atoms with Crippen molar-refractivity contribution in [3.63, 3.8) is 0 Å². The number of benzene rings is 1. The highest BCUT2D eigenvalue weighted by Crippen LogP contribution is 2.51. The van der Waals surface area contributed by atoms with Crippen molar-refractivity contribution in [3.05, 3.63) is 21.7 Å². The molecule has 3 rings (SSSR count). The zero-order valence-electron chi connectivity index (χ0n) is 16.5. The molecule has 3 atom stereocenters. The Kier molecular flexibility index (Phi) is 5.82. The maximum atomic E-state index is 11.9. The number of amides is 1. The van der Waals surface area contributed by atoms with E-state index in [1.165, 1.54) is 6.07 Å². The molecule has 1 aromatic rings. The van der Waals surface area contributed by atoms with E-state index in [2.05, 4.69) is 5.32 Å². The molecule has 0 aromatic heterocycles. The van der Waals surface area contributed by atoms with Gasteiger partial charge in [-0.3, -0.25) is 0 Å². The van der Waals surface area contributed by atoms with Gasteiger partial charge >= 0.3 is 12.1 Å². The number of carboxylic acid groups (broad SMARTS) is 1. The van der Waals surface area contributed by atoms with Crippen LogP contribution in [0.2, 0.25) is 10.0 Å². The zero-order chi connectivity index (χ0) is 21.6. The Hall–Kier alpha value is -1.90. The van der Waals surface area contributed by atoms with Gasteiger partial charge in [0.15, 0.2) is 11.5 Å². The molecule has 0 aliphatic carbocycles. The van der Waals surface area contributed by atoms with Crippen LogP contribution in [-0.4, -0.2) is 47.3 Å². The van der Waals surface area contributed by atoms with Crippen LogP contribution in [0.1, 0.15) is 50.9 Å². The molecule has 2 heterocycles. The molecule has 1 amide bonds. The van der Waals surface area contributed by atoms with Crippen LogP contribution in [0.5, 0.6) is 11.5 Å². The summed E-state index contributed by atoms with van der Waals surface area (Å²) in [5.41, 5.74) is -0.755. The van der Waals surface area contributed by atoms with Crippen LogP contribution in [-0.2, 0) is 9.47 Å². The maximum absolute atomic E-state index is 11.9. The summed E-state index contributed by atoms with van der Waals surface area (Å²) in [4.78, 5) is 23.3. The summed E-state index contributed by atoms with van der Waals surface area (Å²) in [7, 11) is 0. The Bertz CT molecular complexity index is 831. The number of halogens is 2. The molecule has 29 heavy (non-hydrogen) atoms. The van der Waals surface area contributed by atoms with Crippen molar-refractivity contribution in [1.82, 2.24) is 5.32 Å². The summed E-state index contributed by atoms with van der Waals surface area (Å²) >= 11 is 12.3. The molecule has 2 aliphatic heterocycles. The molecule has 1 fully saturated rings. The van der Waals surface area contributed by atoms with E-state index >= 15 is 0 Å². The van der Waals surface area contributed by atoms with E-state index in [4.69, 9.17) is 42.1 Å². The molecular weight excluding hydrogens is 425 g/mol. The summed E-state index contributed by atoms with van der Waals surface area (Å²) < 4.78 is 22.9. The van der Waals surface area contributed by atoms with Crippen molar-refractivity contribution in [1.29, 1.82) is 0 Å². The number of nitrogens with one attached hydrogen (secondary N) is 1. The molecule has 1 unspecified atom stereocenters. The van der Waals surface area contributed by atoms with Crippen LogP contribution < -0.4 is 14.8 Å². The molecular formula is C19H23Cl2NO7. The third-order valence-corrected chi connectivity index (χ3v) is 5.21. The van der Waals surface area contributed by atoms with Gasteiger partial charge in [0.25, 0.3) is 5.79 Å². The van der Waals surface area contributed by atoms with E-state index in [9.17, 15) is 14.7 Å². The third kappa shape index (κ3) is 4.65. The van der Waals surface area contributed by atoms with E-state index in [1.54, 1.807) is 27.7 Å². The second-order valence-corrected chi connectivity index (χ2v) is 8.93. The van der Waals surface area contributed by atoms with Crippen LogP contribution in [0.15, 0.2) is 6.07 Å². The third-order valence-electron chi connectivity index (χ3n) is 4.55. The van der Waals surface area contributed by atoms with E-state index in [0.717, 1.165) is 0 Å². The molecule has 10 heteroatoms. The number of carboxylic acids is 1. The summed E-state index contributed by atoms with van der Waals surface area (Å²) in [5, 5.41) is 12.0. The number of fused-ring (bicyclic) bond motifs is 1. The quantitative estimate of drug-likeness (QED) is 0.713. The smallest absolute Gasteiger partial charge is 0.407 e. The fourth-order valence-corrected chi connectivity index (χ4v) is 3.73. The molecule has 160 valence electrons. The number of alkyl carbamates (subject to hydrolysis) is 1. The van der Waals surface area contributed by atoms with Crippen LogP contribution in [0, 0.1) is 0 Å². The minimum absolute atomic E-state index is 0.0803. The van der Waals surface area contributed by atoms with Gasteiger partial charge in [0, 0.05) is 6.92 Å². The van der Waals surface area contributed by atoms with Crippen LogP contribution >= 0.6 is 23.2 Å². The highest BCUT2D eigenvalue weighted by molar-refractivity contribution is 6.38. The van der Waals surface area contributed by atoms with Crippen molar-refractivity contribution in [3.8, 4) is 11.5 Å². The number of carbonyl (C=O) groups excluding carboxylic acids is 1. The van der Waals surface area contributed by atoms with Gasteiger partial charge in [-0.25, -0.2) is 9.59 Å². The number of aromatic carboxylic acids is 1. The van der Waals surface area contributed by atoms with E-state index < -0.39 is 29.6 Å². The van der Waals surface area contributed by atoms with Crippen molar-refractivity contribution in [2.45, 2.75) is 64.1 Å². The lowest BCUT2D eigenvalue weighted by atomic mass is 9.99. The van der Waals surface area contributed by atoms with Crippen molar-refractivity contribution >= 4 is 35.3 Å². The van der Waals surface area contributed by atoms with Gasteiger partial charge in [0.05, 0.1) is 23.2 Å². The molecule has 8 nitrogen and oxygen atoms in total. The van der Waals surface area contributed by atoms with E-state index in [-0.39, 0.29) is 39.8 Å². The minimum Gasteiger partial charge on any atom is -0.478 e. The van der Waals surface area contributed by atoms with Crippen LogP contribution in [0.3, 0.4) is 0 Å². The normalized spacial score (nSPS) is 26.1. The van der Waals surface area contributed by atoms with Gasteiger partial charge in [0.1, 0.15) is 16.7 Å². The molecule has 0 saturated carbocycles. The topological polar surface area (TPSA) is 103 Å². The van der Waals surface area contributed by atoms with Crippen LogP contribution in [0.25, 0.3) is 0 Å². The van der Waals surface area contributed by atoms with Crippen molar-refractivity contribution in [2.75, 3.05) is 6.61 Å². The minimum atomic E-state index is -1.23. The number of hydrogen-bond acceptors (Lipinski definition) is 6. The lowest BCUT2D eigenvalue weighted by Gasteiger charge is -2.37. The van der Waals surface area contributed by atoms with Crippen molar-refractivity contribution in [2.24, 2.45) is 0 Å². The first-order valence-corrected chi connectivity index (χ1v) is 9.89. The average molecular weight is 448 g/mol. The van der Waals surface area contributed by atoms with Gasteiger partial charge in [0.2, 0.25) is 0 Å². The summed E-state index contributed by atoms with van der Waals surface area (Å²) in [5.74, 6) is -2.19. The standard InChI is InChI=1S/C19H23Cl2NO7/c1-18(2,3)29-17(25)22-9-5-6-12(26-8-9)19(4)27-14-11(20)7-10(16(23)24)13(21)15(14)28-19/h7,9,12H,5-6,8H2,1-4H3,(H,22,25)(H,23,24)/t9-,12+,19?/m1/s1. The average Bonchev–Trinajstić information content (AvgIpc) is 2.96. The van der Waals surface area contributed by atoms with Gasteiger partial charge < -0.3 is 29.4 Å². The van der Waals surface area contributed by atoms with Gasteiger partial charge in [-0.15, -0.1) is 0 Å². The first-order valence-electron chi connectivity index (χ1n) is 9.14. The first-order chi connectivity index (χ1) is 13.4. The Morgan fingerprint density at radius 2 is 1.90 bits per heavy atom. The summed E-state index contributed by atoms with van der Waals surface area (Å²) in [6.45, 7) is 7.29. The Labute approximate surface area is 178 Å². The predicted octanol–water partition coefficient (Wildman–Crippen LogP) is 4.25. The predicted molar refractivity (Wildman–Crippen MR) is 105 cm³/mol. The second kappa shape index (κ2) is 7.74. The molecule has 0 radical (unpaired) electrons. The second-order valence-electron chi connectivity index (χ2n) is 8.15.